The Morgan fingerprint density at radius 3 is 2.93 bits per heavy atom. The van der Waals surface area contributed by atoms with Crippen molar-refractivity contribution in [2.24, 2.45) is 5.92 Å². The minimum atomic E-state index is -0.334. The Morgan fingerprint density at radius 2 is 2.33 bits per heavy atom. The van der Waals surface area contributed by atoms with Crippen LogP contribution in [0.3, 0.4) is 0 Å². The molecule has 1 atom stereocenters. The summed E-state index contributed by atoms with van der Waals surface area (Å²) in [7, 11) is 1.34. The summed E-state index contributed by atoms with van der Waals surface area (Å²) in [5.41, 5.74) is 0. The molecular weight excluding hydrogens is 194 g/mol. The fraction of sp³-hybridized carbons (Fsp3) is 0.818. The first-order valence-electron chi connectivity index (χ1n) is 5.54. The quantitative estimate of drug-likeness (QED) is 0.645. The number of esters is 1. The summed E-state index contributed by atoms with van der Waals surface area (Å²) in [6.45, 7) is 2.92. The Labute approximate surface area is 90.6 Å². The fourth-order valence-electron chi connectivity index (χ4n) is 1.90. The molecule has 4 nitrogen and oxygen atoms in total. The maximum atomic E-state index is 11.8. The van der Waals surface area contributed by atoms with Crippen LogP contribution in [0.5, 0.6) is 0 Å². The lowest BCUT2D eigenvalue weighted by molar-refractivity contribution is -0.146. The van der Waals surface area contributed by atoms with Gasteiger partial charge in [-0.15, -0.1) is 0 Å². The zero-order valence-corrected chi connectivity index (χ0v) is 9.49. The first kappa shape index (κ1) is 12.0. The monoisotopic (exact) mass is 213 g/mol. The molecule has 1 aliphatic heterocycles. The van der Waals surface area contributed by atoms with Gasteiger partial charge >= 0.3 is 5.97 Å². The van der Waals surface area contributed by atoms with Gasteiger partial charge in [0.2, 0.25) is 5.91 Å². The Morgan fingerprint density at radius 1 is 1.60 bits per heavy atom. The molecule has 1 heterocycles. The number of hydrogen-bond donors (Lipinski definition) is 0. The van der Waals surface area contributed by atoms with Gasteiger partial charge in [0.25, 0.3) is 0 Å². The predicted molar refractivity (Wildman–Crippen MR) is 56.2 cm³/mol. The molecular formula is C11H19NO3. The van der Waals surface area contributed by atoms with Gasteiger partial charge in [-0.05, 0) is 12.8 Å². The van der Waals surface area contributed by atoms with Gasteiger partial charge < -0.3 is 9.64 Å². The van der Waals surface area contributed by atoms with Crippen molar-refractivity contribution in [2.75, 3.05) is 20.2 Å². The Balaban J connectivity index is 2.38. The highest BCUT2D eigenvalue weighted by Crippen LogP contribution is 2.22. The number of likely N-dealkylation sites (tertiary alicyclic amines) is 1. The van der Waals surface area contributed by atoms with Crippen molar-refractivity contribution in [3.05, 3.63) is 0 Å². The normalized spacial score (nSPS) is 20.8. The van der Waals surface area contributed by atoms with E-state index in [2.05, 4.69) is 11.7 Å². The topological polar surface area (TPSA) is 46.6 Å². The lowest BCUT2D eigenvalue weighted by atomic mass is 10.0. The Hall–Kier alpha value is -1.06. The van der Waals surface area contributed by atoms with E-state index >= 15 is 0 Å². The molecule has 0 aromatic heterocycles. The average Bonchev–Trinajstić information content (AvgIpc) is 2.57. The molecule has 0 spiro atoms. The third kappa shape index (κ3) is 3.22. The van der Waals surface area contributed by atoms with E-state index in [0.717, 1.165) is 25.7 Å². The van der Waals surface area contributed by atoms with E-state index in [9.17, 15) is 9.59 Å². The molecule has 0 aromatic rings. The van der Waals surface area contributed by atoms with Crippen LogP contribution >= 0.6 is 0 Å². The zero-order valence-electron chi connectivity index (χ0n) is 9.49. The number of amides is 1. The molecule has 1 saturated heterocycles. The molecule has 1 unspecified atom stereocenters. The SMILES string of the molecule is CCCCC1CCN(CC(=O)OC)C1=O. The predicted octanol–water partition coefficient (Wildman–Crippen LogP) is 1.20. The minimum absolute atomic E-state index is 0.109. The van der Waals surface area contributed by atoms with Gasteiger partial charge in [0.1, 0.15) is 6.54 Å². The van der Waals surface area contributed by atoms with Gasteiger partial charge in [-0.3, -0.25) is 9.59 Å². The maximum absolute atomic E-state index is 11.8. The van der Waals surface area contributed by atoms with Gasteiger partial charge in [-0.1, -0.05) is 19.8 Å². The van der Waals surface area contributed by atoms with Gasteiger partial charge in [0.05, 0.1) is 7.11 Å². The number of unbranched alkanes of at least 4 members (excludes halogenated alkanes) is 1. The highest BCUT2D eigenvalue weighted by Gasteiger charge is 2.31. The molecule has 1 amide bonds. The van der Waals surface area contributed by atoms with E-state index in [1.165, 1.54) is 7.11 Å². The van der Waals surface area contributed by atoms with E-state index < -0.39 is 0 Å². The van der Waals surface area contributed by atoms with Crippen LogP contribution in [-0.4, -0.2) is 37.0 Å². The van der Waals surface area contributed by atoms with Crippen LogP contribution in [0.2, 0.25) is 0 Å². The standard InChI is InChI=1S/C11H19NO3/c1-3-4-5-9-6-7-12(11(9)14)8-10(13)15-2/h9H,3-8H2,1-2H3. The summed E-state index contributed by atoms with van der Waals surface area (Å²) in [5.74, 6) is -0.0806. The van der Waals surface area contributed by atoms with Crippen molar-refractivity contribution < 1.29 is 14.3 Å². The minimum Gasteiger partial charge on any atom is -0.468 e. The first-order chi connectivity index (χ1) is 7.19. The van der Waals surface area contributed by atoms with E-state index in [-0.39, 0.29) is 24.3 Å². The average molecular weight is 213 g/mol. The van der Waals surface area contributed by atoms with E-state index in [4.69, 9.17) is 0 Å². The van der Waals surface area contributed by atoms with Crippen LogP contribution in [0.4, 0.5) is 0 Å². The number of methoxy groups -OCH3 is 1. The molecule has 4 heteroatoms. The van der Waals surface area contributed by atoms with Crippen LogP contribution in [0.1, 0.15) is 32.6 Å². The van der Waals surface area contributed by atoms with Gasteiger partial charge in [0.15, 0.2) is 0 Å². The van der Waals surface area contributed by atoms with E-state index in [0.29, 0.717) is 6.54 Å². The summed E-state index contributed by atoms with van der Waals surface area (Å²) in [6.07, 6.45) is 4.03. The van der Waals surface area contributed by atoms with Crippen LogP contribution in [0.25, 0.3) is 0 Å². The third-order valence-electron chi connectivity index (χ3n) is 2.86. The lowest BCUT2D eigenvalue weighted by Crippen LogP contribution is -2.33. The Kier molecular flexibility index (Phi) is 4.59. The molecule has 86 valence electrons. The second-order valence-electron chi connectivity index (χ2n) is 3.96. The highest BCUT2D eigenvalue weighted by atomic mass is 16.5. The largest absolute Gasteiger partial charge is 0.468 e. The van der Waals surface area contributed by atoms with Crippen molar-refractivity contribution in [3.63, 3.8) is 0 Å². The maximum Gasteiger partial charge on any atom is 0.325 e. The number of hydrogen-bond acceptors (Lipinski definition) is 3. The van der Waals surface area contributed by atoms with Crippen molar-refractivity contribution in [3.8, 4) is 0 Å². The molecule has 0 radical (unpaired) electrons. The fourth-order valence-corrected chi connectivity index (χ4v) is 1.90. The molecule has 1 aliphatic rings. The molecule has 1 fully saturated rings. The summed E-state index contributed by atoms with van der Waals surface area (Å²) in [4.78, 5) is 24.4. The van der Waals surface area contributed by atoms with Crippen LogP contribution in [-0.2, 0) is 14.3 Å². The van der Waals surface area contributed by atoms with Gasteiger partial charge in [0, 0.05) is 12.5 Å². The molecule has 0 bridgehead atoms. The van der Waals surface area contributed by atoms with Crippen molar-refractivity contribution >= 4 is 11.9 Å². The molecule has 15 heavy (non-hydrogen) atoms. The van der Waals surface area contributed by atoms with Crippen molar-refractivity contribution in [2.45, 2.75) is 32.6 Å². The second-order valence-corrected chi connectivity index (χ2v) is 3.96. The third-order valence-corrected chi connectivity index (χ3v) is 2.86. The number of carbonyl (C=O) groups excluding carboxylic acids is 2. The van der Waals surface area contributed by atoms with Crippen LogP contribution in [0.15, 0.2) is 0 Å². The lowest BCUT2D eigenvalue weighted by Gasteiger charge is -2.14. The Bertz CT molecular complexity index is 240. The summed E-state index contributed by atoms with van der Waals surface area (Å²) < 4.78 is 4.54. The second kappa shape index (κ2) is 5.73. The molecule has 1 rings (SSSR count). The number of nitrogens with zero attached hydrogens (tertiary/aromatic N) is 1. The van der Waals surface area contributed by atoms with Crippen molar-refractivity contribution in [1.82, 2.24) is 4.90 Å². The van der Waals surface area contributed by atoms with Crippen LogP contribution < -0.4 is 0 Å². The molecule has 0 saturated carbocycles. The number of carbonyl (C=O) groups is 2. The highest BCUT2D eigenvalue weighted by molar-refractivity contribution is 5.85. The van der Waals surface area contributed by atoms with Gasteiger partial charge in [-0.25, -0.2) is 0 Å². The van der Waals surface area contributed by atoms with Crippen molar-refractivity contribution in [1.29, 1.82) is 0 Å². The summed E-state index contributed by atoms with van der Waals surface area (Å²) in [5, 5.41) is 0. The number of ether oxygens (including phenoxy) is 1. The molecule has 0 N–H and O–H groups in total. The van der Waals surface area contributed by atoms with E-state index in [1.807, 2.05) is 0 Å². The number of rotatable bonds is 5. The van der Waals surface area contributed by atoms with E-state index in [1.54, 1.807) is 4.90 Å². The summed E-state index contributed by atoms with van der Waals surface area (Å²) in [6, 6.07) is 0. The smallest absolute Gasteiger partial charge is 0.325 e. The zero-order chi connectivity index (χ0) is 11.3. The summed E-state index contributed by atoms with van der Waals surface area (Å²) >= 11 is 0. The molecule has 0 aliphatic carbocycles. The van der Waals surface area contributed by atoms with Gasteiger partial charge in [-0.2, -0.15) is 0 Å². The first-order valence-corrected chi connectivity index (χ1v) is 5.54. The van der Waals surface area contributed by atoms with Crippen LogP contribution in [0, 0.1) is 5.92 Å². The molecule has 0 aromatic carbocycles.